The van der Waals surface area contributed by atoms with Crippen molar-refractivity contribution in [2.45, 2.75) is 51.3 Å². The highest BCUT2D eigenvalue weighted by molar-refractivity contribution is 5.89. The first-order chi connectivity index (χ1) is 11.6. The Morgan fingerprint density at radius 3 is 2.71 bits per heavy atom. The topological polar surface area (TPSA) is 79.2 Å². The van der Waals surface area contributed by atoms with E-state index in [4.69, 9.17) is 0 Å². The monoisotopic (exact) mass is 328 g/mol. The SMILES string of the molecule is Cc1cnn(Cc2ccc(NC(=O)NC3CCCCC3O)cc2)c1. The molecular formula is C18H24N4O2. The zero-order chi connectivity index (χ0) is 16.9. The number of urea groups is 1. The van der Waals surface area contributed by atoms with E-state index in [1.54, 1.807) is 0 Å². The molecule has 2 aromatic rings. The van der Waals surface area contributed by atoms with E-state index in [2.05, 4.69) is 15.7 Å². The largest absolute Gasteiger partial charge is 0.391 e. The lowest BCUT2D eigenvalue weighted by Crippen LogP contribution is -2.46. The highest BCUT2D eigenvalue weighted by Gasteiger charge is 2.24. The lowest BCUT2D eigenvalue weighted by Gasteiger charge is -2.28. The molecule has 2 atom stereocenters. The predicted octanol–water partition coefficient (Wildman–Crippen LogP) is 2.66. The number of aliphatic hydroxyl groups is 1. The van der Waals surface area contributed by atoms with Crippen LogP contribution in [0.1, 0.15) is 36.8 Å². The molecule has 0 spiro atoms. The second-order valence-corrected chi connectivity index (χ2v) is 6.47. The Kier molecular flexibility index (Phi) is 5.15. The van der Waals surface area contributed by atoms with Crippen molar-refractivity contribution in [1.29, 1.82) is 0 Å². The Morgan fingerprint density at radius 1 is 1.29 bits per heavy atom. The number of benzene rings is 1. The van der Waals surface area contributed by atoms with Crippen LogP contribution in [0.3, 0.4) is 0 Å². The summed E-state index contributed by atoms with van der Waals surface area (Å²) >= 11 is 0. The first-order valence-corrected chi connectivity index (χ1v) is 8.44. The fraction of sp³-hybridized carbons (Fsp3) is 0.444. The Bertz CT molecular complexity index is 681. The van der Waals surface area contributed by atoms with Crippen LogP contribution in [0.15, 0.2) is 36.7 Å². The van der Waals surface area contributed by atoms with Crippen molar-refractivity contribution in [3.63, 3.8) is 0 Å². The van der Waals surface area contributed by atoms with E-state index in [-0.39, 0.29) is 12.1 Å². The van der Waals surface area contributed by atoms with Gasteiger partial charge >= 0.3 is 6.03 Å². The Balaban J connectivity index is 1.52. The molecule has 1 aliphatic rings. The van der Waals surface area contributed by atoms with E-state index in [0.29, 0.717) is 6.54 Å². The van der Waals surface area contributed by atoms with Gasteiger partial charge in [-0.3, -0.25) is 4.68 Å². The normalized spacial score (nSPS) is 20.6. The average molecular weight is 328 g/mol. The quantitative estimate of drug-likeness (QED) is 0.807. The van der Waals surface area contributed by atoms with Crippen molar-refractivity contribution in [1.82, 2.24) is 15.1 Å². The molecule has 6 heteroatoms. The summed E-state index contributed by atoms with van der Waals surface area (Å²) < 4.78 is 1.88. The molecule has 6 nitrogen and oxygen atoms in total. The molecule has 0 aliphatic heterocycles. The highest BCUT2D eigenvalue weighted by Crippen LogP contribution is 2.18. The first-order valence-electron chi connectivity index (χ1n) is 8.44. The number of amides is 2. The molecule has 128 valence electrons. The molecule has 1 fully saturated rings. The van der Waals surface area contributed by atoms with Crippen LogP contribution in [0, 0.1) is 6.92 Å². The van der Waals surface area contributed by atoms with E-state index in [1.807, 2.05) is 48.3 Å². The van der Waals surface area contributed by atoms with Crippen LogP contribution in [0.25, 0.3) is 0 Å². The number of aryl methyl sites for hydroxylation is 1. The maximum atomic E-state index is 12.1. The van der Waals surface area contributed by atoms with Gasteiger partial charge in [-0.1, -0.05) is 25.0 Å². The summed E-state index contributed by atoms with van der Waals surface area (Å²) in [4.78, 5) is 12.1. The fourth-order valence-corrected chi connectivity index (χ4v) is 3.05. The van der Waals surface area contributed by atoms with Crippen LogP contribution in [-0.4, -0.2) is 33.1 Å². The minimum atomic E-state index is -0.440. The molecule has 0 radical (unpaired) electrons. The molecule has 1 aromatic carbocycles. The molecule has 2 unspecified atom stereocenters. The number of nitrogens with one attached hydrogen (secondary N) is 2. The van der Waals surface area contributed by atoms with Crippen molar-refractivity contribution in [3.8, 4) is 0 Å². The number of carbonyl (C=O) groups excluding carboxylic acids is 1. The van der Waals surface area contributed by atoms with E-state index in [9.17, 15) is 9.90 Å². The van der Waals surface area contributed by atoms with E-state index in [0.717, 1.165) is 42.5 Å². The van der Waals surface area contributed by atoms with Crippen molar-refractivity contribution in [2.75, 3.05) is 5.32 Å². The Hall–Kier alpha value is -2.34. The summed E-state index contributed by atoms with van der Waals surface area (Å²) in [5, 5.41) is 19.9. The van der Waals surface area contributed by atoms with E-state index in [1.165, 1.54) is 0 Å². The zero-order valence-corrected chi connectivity index (χ0v) is 13.9. The molecule has 1 aromatic heterocycles. The van der Waals surface area contributed by atoms with Crippen molar-refractivity contribution >= 4 is 11.7 Å². The van der Waals surface area contributed by atoms with Gasteiger partial charge in [-0.2, -0.15) is 5.10 Å². The molecular weight excluding hydrogens is 304 g/mol. The van der Waals surface area contributed by atoms with Gasteiger partial charge in [-0.15, -0.1) is 0 Å². The molecule has 3 rings (SSSR count). The van der Waals surface area contributed by atoms with Crippen LogP contribution in [0.4, 0.5) is 10.5 Å². The average Bonchev–Trinajstić information content (AvgIpc) is 2.96. The Labute approximate surface area is 141 Å². The maximum Gasteiger partial charge on any atom is 0.319 e. The maximum absolute atomic E-state index is 12.1. The number of hydrogen-bond acceptors (Lipinski definition) is 3. The van der Waals surface area contributed by atoms with Crippen molar-refractivity contribution in [2.24, 2.45) is 0 Å². The molecule has 3 N–H and O–H groups in total. The van der Waals surface area contributed by atoms with Crippen LogP contribution in [0.2, 0.25) is 0 Å². The number of hydrogen-bond donors (Lipinski definition) is 3. The number of anilines is 1. The van der Waals surface area contributed by atoms with Gasteiger partial charge in [-0.25, -0.2) is 4.79 Å². The number of aromatic nitrogens is 2. The van der Waals surface area contributed by atoms with Crippen LogP contribution in [0.5, 0.6) is 0 Å². The lowest BCUT2D eigenvalue weighted by atomic mass is 9.93. The predicted molar refractivity (Wildman–Crippen MR) is 92.9 cm³/mol. The molecule has 1 heterocycles. The lowest BCUT2D eigenvalue weighted by molar-refractivity contribution is 0.0955. The molecule has 24 heavy (non-hydrogen) atoms. The summed E-state index contributed by atoms with van der Waals surface area (Å²) in [6.45, 7) is 2.72. The van der Waals surface area contributed by atoms with Crippen LogP contribution in [-0.2, 0) is 6.54 Å². The zero-order valence-electron chi connectivity index (χ0n) is 13.9. The minimum Gasteiger partial charge on any atom is -0.391 e. The summed E-state index contributed by atoms with van der Waals surface area (Å²) in [5.41, 5.74) is 2.99. The second-order valence-electron chi connectivity index (χ2n) is 6.47. The van der Waals surface area contributed by atoms with Gasteiger partial charge in [-0.05, 0) is 43.0 Å². The summed E-state index contributed by atoms with van der Waals surface area (Å²) in [5.74, 6) is 0. The van der Waals surface area contributed by atoms with Crippen LogP contribution < -0.4 is 10.6 Å². The smallest absolute Gasteiger partial charge is 0.319 e. The number of aliphatic hydroxyl groups excluding tert-OH is 1. The number of carbonyl (C=O) groups is 1. The van der Waals surface area contributed by atoms with Crippen molar-refractivity contribution < 1.29 is 9.90 Å². The minimum absolute atomic E-state index is 0.152. The van der Waals surface area contributed by atoms with E-state index >= 15 is 0 Å². The van der Waals surface area contributed by atoms with Gasteiger partial charge < -0.3 is 15.7 Å². The van der Waals surface area contributed by atoms with Gasteiger partial charge in [0.1, 0.15) is 0 Å². The standard InChI is InChI=1S/C18H24N4O2/c1-13-10-19-22(11-13)12-14-6-8-15(9-7-14)20-18(24)21-16-4-2-3-5-17(16)23/h6-11,16-17,23H,2-5,12H2,1H3,(H2,20,21,24). The third-order valence-corrected chi connectivity index (χ3v) is 4.36. The van der Waals surface area contributed by atoms with E-state index < -0.39 is 6.10 Å². The third-order valence-electron chi connectivity index (χ3n) is 4.36. The molecule has 1 saturated carbocycles. The van der Waals surface area contributed by atoms with Gasteiger partial charge in [0.05, 0.1) is 24.9 Å². The molecule has 0 bridgehead atoms. The first kappa shape index (κ1) is 16.5. The van der Waals surface area contributed by atoms with Crippen molar-refractivity contribution in [3.05, 3.63) is 47.8 Å². The van der Waals surface area contributed by atoms with Gasteiger partial charge in [0.25, 0.3) is 0 Å². The Morgan fingerprint density at radius 2 is 2.04 bits per heavy atom. The van der Waals surface area contributed by atoms with Crippen LogP contribution >= 0.6 is 0 Å². The van der Waals surface area contributed by atoms with Gasteiger partial charge in [0.15, 0.2) is 0 Å². The highest BCUT2D eigenvalue weighted by atomic mass is 16.3. The molecule has 2 amide bonds. The molecule has 1 aliphatic carbocycles. The number of nitrogens with zero attached hydrogens (tertiary/aromatic N) is 2. The summed E-state index contributed by atoms with van der Waals surface area (Å²) in [6, 6.07) is 7.28. The van der Waals surface area contributed by atoms with Gasteiger partial charge in [0, 0.05) is 11.9 Å². The fourth-order valence-electron chi connectivity index (χ4n) is 3.05. The van der Waals surface area contributed by atoms with Gasteiger partial charge in [0.2, 0.25) is 0 Å². The summed E-state index contributed by atoms with van der Waals surface area (Å²) in [6.07, 6.45) is 7.05. The molecule has 0 saturated heterocycles. The summed E-state index contributed by atoms with van der Waals surface area (Å²) in [7, 11) is 0. The second kappa shape index (κ2) is 7.49. The number of rotatable bonds is 4. The third kappa shape index (κ3) is 4.35.